The Kier molecular flexibility index (Phi) is 4.79. The minimum absolute atomic E-state index is 0.0993. The maximum absolute atomic E-state index is 12.7. The lowest BCUT2D eigenvalue weighted by Crippen LogP contribution is -2.41. The molecule has 0 saturated carbocycles. The third-order valence-electron chi connectivity index (χ3n) is 3.49. The predicted octanol–water partition coefficient (Wildman–Crippen LogP) is 0.608. The standard InChI is InChI=1S/C13H20ClN3O3S/c1-16(2)7-9-5-10(18)8-17(9)21(19,20)11-3-4-12(14)13(15)6-11/h3-4,6,9-10,18H,5,7-8,15H2,1-2H3. The lowest BCUT2D eigenvalue weighted by molar-refractivity contribution is 0.188. The number of rotatable bonds is 4. The number of sulfonamides is 1. The summed E-state index contributed by atoms with van der Waals surface area (Å²) in [5, 5.41) is 10.1. The van der Waals surface area contributed by atoms with Gasteiger partial charge in [0.05, 0.1) is 21.7 Å². The second-order valence-corrected chi connectivity index (χ2v) is 7.86. The van der Waals surface area contributed by atoms with E-state index < -0.39 is 16.1 Å². The van der Waals surface area contributed by atoms with Gasteiger partial charge in [0.2, 0.25) is 10.0 Å². The van der Waals surface area contributed by atoms with Crippen molar-refractivity contribution in [1.82, 2.24) is 9.21 Å². The van der Waals surface area contributed by atoms with Gasteiger partial charge < -0.3 is 15.7 Å². The first-order valence-electron chi connectivity index (χ1n) is 6.61. The number of hydrogen-bond donors (Lipinski definition) is 2. The Hall–Kier alpha value is -0.860. The maximum Gasteiger partial charge on any atom is 0.243 e. The van der Waals surface area contributed by atoms with Gasteiger partial charge in [-0.25, -0.2) is 8.42 Å². The van der Waals surface area contributed by atoms with Crippen molar-refractivity contribution in [2.45, 2.75) is 23.5 Å². The van der Waals surface area contributed by atoms with Crippen LogP contribution in [0.3, 0.4) is 0 Å². The lowest BCUT2D eigenvalue weighted by Gasteiger charge is -2.26. The molecule has 1 heterocycles. The smallest absolute Gasteiger partial charge is 0.243 e. The summed E-state index contributed by atoms with van der Waals surface area (Å²) in [5.41, 5.74) is 5.91. The van der Waals surface area contributed by atoms with Gasteiger partial charge in [0, 0.05) is 19.1 Å². The molecule has 1 aromatic rings. The highest BCUT2D eigenvalue weighted by Gasteiger charge is 2.39. The molecule has 1 aromatic carbocycles. The summed E-state index contributed by atoms with van der Waals surface area (Å²) in [7, 11) is 0.0440. The Balaban J connectivity index is 2.34. The highest BCUT2D eigenvalue weighted by Crippen LogP contribution is 2.29. The minimum atomic E-state index is -3.70. The number of benzene rings is 1. The second kappa shape index (κ2) is 6.10. The van der Waals surface area contributed by atoms with E-state index in [4.69, 9.17) is 17.3 Å². The van der Waals surface area contributed by atoms with Crippen LogP contribution in [-0.4, -0.2) is 62.1 Å². The molecule has 3 N–H and O–H groups in total. The maximum atomic E-state index is 12.7. The van der Waals surface area contributed by atoms with Crippen LogP contribution in [0.15, 0.2) is 23.1 Å². The van der Waals surface area contributed by atoms with E-state index in [9.17, 15) is 13.5 Å². The molecule has 1 aliphatic heterocycles. The fourth-order valence-electron chi connectivity index (χ4n) is 2.56. The molecule has 0 amide bonds. The number of aliphatic hydroxyl groups excluding tert-OH is 1. The number of aliphatic hydroxyl groups is 1. The molecule has 0 spiro atoms. The molecular weight excluding hydrogens is 314 g/mol. The highest BCUT2D eigenvalue weighted by atomic mass is 35.5. The van der Waals surface area contributed by atoms with Crippen molar-refractivity contribution in [2.24, 2.45) is 0 Å². The molecule has 8 heteroatoms. The number of anilines is 1. The number of hydrogen-bond acceptors (Lipinski definition) is 5. The fourth-order valence-corrected chi connectivity index (χ4v) is 4.38. The summed E-state index contributed by atoms with van der Waals surface area (Å²) in [6.45, 7) is 0.655. The topological polar surface area (TPSA) is 86.9 Å². The molecule has 2 atom stereocenters. The van der Waals surface area contributed by atoms with Crippen molar-refractivity contribution >= 4 is 27.3 Å². The van der Waals surface area contributed by atoms with E-state index in [1.165, 1.54) is 22.5 Å². The van der Waals surface area contributed by atoms with Crippen molar-refractivity contribution in [2.75, 3.05) is 32.9 Å². The number of nitrogen functional groups attached to an aromatic ring is 1. The van der Waals surface area contributed by atoms with E-state index >= 15 is 0 Å². The summed E-state index contributed by atoms with van der Waals surface area (Å²) >= 11 is 5.83. The van der Waals surface area contributed by atoms with Crippen LogP contribution in [0.25, 0.3) is 0 Å². The van der Waals surface area contributed by atoms with Gasteiger partial charge >= 0.3 is 0 Å². The zero-order valence-electron chi connectivity index (χ0n) is 12.0. The van der Waals surface area contributed by atoms with E-state index in [0.717, 1.165) is 0 Å². The monoisotopic (exact) mass is 333 g/mol. The Morgan fingerprint density at radius 1 is 1.48 bits per heavy atom. The Bertz CT molecular complexity index is 621. The van der Waals surface area contributed by atoms with E-state index in [1.807, 2.05) is 19.0 Å². The van der Waals surface area contributed by atoms with Gasteiger partial charge in [-0.2, -0.15) is 4.31 Å². The van der Waals surface area contributed by atoms with Gasteiger partial charge in [-0.15, -0.1) is 0 Å². The van der Waals surface area contributed by atoms with Crippen molar-refractivity contribution in [3.8, 4) is 0 Å². The predicted molar refractivity (Wildman–Crippen MR) is 82.7 cm³/mol. The molecule has 6 nitrogen and oxygen atoms in total. The van der Waals surface area contributed by atoms with Crippen LogP contribution >= 0.6 is 11.6 Å². The number of likely N-dealkylation sites (N-methyl/N-ethyl adjacent to an activating group) is 1. The molecule has 2 rings (SSSR count). The molecule has 0 aromatic heterocycles. The summed E-state index contributed by atoms with van der Waals surface area (Å²) in [5.74, 6) is 0. The molecule has 1 aliphatic rings. The Morgan fingerprint density at radius 3 is 2.71 bits per heavy atom. The van der Waals surface area contributed by atoms with Crippen LogP contribution in [0.1, 0.15) is 6.42 Å². The summed E-state index contributed by atoms with van der Waals surface area (Å²) in [6.07, 6.45) is -0.213. The average molecular weight is 334 g/mol. The Morgan fingerprint density at radius 2 is 2.14 bits per heavy atom. The first-order valence-corrected chi connectivity index (χ1v) is 8.43. The summed E-state index contributed by atoms with van der Waals surface area (Å²) in [4.78, 5) is 2.00. The van der Waals surface area contributed by atoms with Crippen LogP contribution in [0, 0.1) is 0 Å². The molecule has 2 unspecified atom stereocenters. The zero-order chi connectivity index (χ0) is 15.8. The van der Waals surface area contributed by atoms with Crippen LogP contribution in [0.2, 0.25) is 5.02 Å². The third-order valence-corrected chi connectivity index (χ3v) is 5.75. The molecule has 0 radical (unpaired) electrons. The van der Waals surface area contributed by atoms with E-state index in [0.29, 0.717) is 18.0 Å². The fraction of sp³-hybridized carbons (Fsp3) is 0.538. The number of nitrogens with two attached hydrogens (primary N) is 1. The Labute approximate surface area is 130 Å². The lowest BCUT2D eigenvalue weighted by atomic mass is 10.2. The normalized spacial score (nSPS) is 23.9. The van der Waals surface area contributed by atoms with Gasteiger partial charge in [-0.3, -0.25) is 0 Å². The van der Waals surface area contributed by atoms with E-state index in [1.54, 1.807) is 0 Å². The van der Waals surface area contributed by atoms with Crippen molar-refractivity contribution in [3.63, 3.8) is 0 Å². The molecule has 1 saturated heterocycles. The first kappa shape index (κ1) is 16.5. The minimum Gasteiger partial charge on any atom is -0.397 e. The van der Waals surface area contributed by atoms with Gasteiger partial charge in [0.1, 0.15) is 0 Å². The quantitative estimate of drug-likeness (QED) is 0.788. The van der Waals surface area contributed by atoms with Gasteiger partial charge in [0.25, 0.3) is 0 Å². The zero-order valence-corrected chi connectivity index (χ0v) is 13.6. The van der Waals surface area contributed by atoms with Gasteiger partial charge in [-0.05, 0) is 38.7 Å². The second-order valence-electron chi connectivity index (χ2n) is 5.56. The van der Waals surface area contributed by atoms with Crippen LogP contribution in [0.5, 0.6) is 0 Å². The average Bonchev–Trinajstić information content (AvgIpc) is 2.73. The molecule has 118 valence electrons. The molecule has 0 aliphatic carbocycles. The first-order chi connectivity index (χ1) is 9.71. The number of halogens is 1. The molecule has 21 heavy (non-hydrogen) atoms. The molecule has 0 bridgehead atoms. The molecular formula is C13H20ClN3O3S. The van der Waals surface area contributed by atoms with Crippen molar-refractivity contribution < 1.29 is 13.5 Å². The van der Waals surface area contributed by atoms with Crippen molar-refractivity contribution in [1.29, 1.82) is 0 Å². The van der Waals surface area contributed by atoms with Crippen molar-refractivity contribution in [3.05, 3.63) is 23.2 Å². The molecule has 1 fully saturated rings. The van der Waals surface area contributed by atoms with Crippen LogP contribution in [-0.2, 0) is 10.0 Å². The SMILES string of the molecule is CN(C)CC1CC(O)CN1S(=O)(=O)c1ccc(Cl)c(N)c1. The number of β-amino-alcohol motifs (C(OH)–C–C–N with tert-alkyl or cyclic N) is 1. The van der Waals surface area contributed by atoms with Gasteiger partial charge in [-0.1, -0.05) is 11.6 Å². The number of nitrogens with zero attached hydrogens (tertiary/aromatic N) is 2. The van der Waals surface area contributed by atoms with Crippen LogP contribution < -0.4 is 5.73 Å². The van der Waals surface area contributed by atoms with E-state index in [2.05, 4.69) is 0 Å². The summed E-state index contributed by atoms with van der Waals surface area (Å²) in [6, 6.07) is 4.01. The highest BCUT2D eigenvalue weighted by molar-refractivity contribution is 7.89. The van der Waals surface area contributed by atoms with Gasteiger partial charge in [0.15, 0.2) is 0 Å². The summed E-state index contributed by atoms with van der Waals surface area (Å²) < 4.78 is 26.8. The van der Waals surface area contributed by atoms with E-state index in [-0.39, 0.29) is 23.2 Å². The van der Waals surface area contributed by atoms with Crippen LogP contribution in [0.4, 0.5) is 5.69 Å². The third kappa shape index (κ3) is 3.49. The largest absolute Gasteiger partial charge is 0.397 e.